The number of amides is 1. The molecule has 134 valence electrons. The van der Waals surface area contributed by atoms with Crippen LogP contribution in [0, 0.1) is 20.8 Å². The van der Waals surface area contributed by atoms with Crippen LogP contribution < -0.4 is 4.90 Å². The molecule has 1 N–H and O–H groups in total. The SMILES string of the molecule is Cc1ccccc1N1CCN(C(=O)CCc2c(C)n[nH]c2C)[C@@H](C)C1. The maximum Gasteiger partial charge on any atom is 0.223 e. The topological polar surface area (TPSA) is 52.2 Å². The van der Waals surface area contributed by atoms with Crippen LogP contribution in [0.5, 0.6) is 0 Å². The number of para-hydroxylation sites is 1. The van der Waals surface area contributed by atoms with Gasteiger partial charge in [-0.25, -0.2) is 0 Å². The molecule has 1 amide bonds. The number of benzene rings is 1. The second kappa shape index (κ2) is 7.30. The third-order valence-electron chi connectivity index (χ3n) is 5.27. The second-order valence-electron chi connectivity index (χ2n) is 7.08. The van der Waals surface area contributed by atoms with E-state index in [0.717, 1.165) is 37.4 Å². The van der Waals surface area contributed by atoms with Gasteiger partial charge in [0.05, 0.1) is 5.69 Å². The first kappa shape index (κ1) is 17.5. The molecule has 0 bridgehead atoms. The Morgan fingerprint density at radius 1 is 1.24 bits per heavy atom. The van der Waals surface area contributed by atoms with Crippen molar-refractivity contribution in [2.45, 2.75) is 46.6 Å². The van der Waals surface area contributed by atoms with Crippen LogP contribution in [0.4, 0.5) is 5.69 Å². The van der Waals surface area contributed by atoms with Gasteiger partial charge in [0, 0.05) is 43.5 Å². The summed E-state index contributed by atoms with van der Waals surface area (Å²) in [6.07, 6.45) is 1.31. The zero-order valence-electron chi connectivity index (χ0n) is 15.7. The molecule has 1 aromatic heterocycles. The van der Waals surface area contributed by atoms with E-state index in [2.05, 4.69) is 53.2 Å². The number of anilines is 1. The van der Waals surface area contributed by atoms with Crippen molar-refractivity contribution in [2.24, 2.45) is 0 Å². The molecule has 2 aromatic rings. The molecule has 2 heterocycles. The quantitative estimate of drug-likeness (QED) is 0.931. The molecule has 1 atom stereocenters. The van der Waals surface area contributed by atoms with Crippen molar-refractivity contribution in [3.63, 3.8) is 0 Å². The predicted octanol–water partition coefficient (Wildman–Crippen LogP) is 3.00. The lowest BCUT2D eigenvalue weighted by Gasteiger charge is -2.41. The molecule has 5 nitrogen and oxygen atoms in total. The summed E-state index contributed by atoms with van der Waals surface area (Å²) in [7, 11) is 0. The Morgan fingerprint density at radius 2 is 2.00 bits per heavy atom. The third kappa shape index (κ3) is 3.70. The number of hydrogen-bond acceptors (Lipinski definition) is 3. The highest BCUT2D eigenvalue weighted by Crippen LogP contribution is 2.23. The van der Waals surface area contributed by atoms with Gasteiger partial charge < -0.3 is 9.80 Å². The second-order valence-corrected chi connectivity index (χ2v) is 7.08. The molecule has 0 aliphatic carbocycles. The molecule has 0 radical (unpaired) electrons. The summed E-state index contributed by atoms with van der Waals surface area (Å²) in [5.41, 5.74) is 5.83. The first-order valence-corrected chi connectivity index (χ1v) is 9.08. The summed E-state index contributed by atoms with van der Waals surface area (Å²) in [4.78, 5) is 17.2. The zero-order valence-corrected chi connectivity index (χ0v) is 15.7. The van der Waals surface area contributed by atoms with Crippen molar-refractivity contribution in [1.82, 2.24) is 15.1 Å². The summed E-state index contributed by atoms with van der Waals surface area (Å²) in [6.45, 7) is 10.9. The monoisotopic (exact) mass is 340 g/mol. The number of carbonyl (C=O) groups excluding carboxylic acids is 1. The number of aryl methyl sites for hydroxylation is 3. The Kier molecular flexibility index (Phi) is 5.11. The van der Waals surface area contributed by atoms with E-state index in [1.165, 1.54) is 16.8 Å². The van der Waals surface area contributed by atoms with Crippen LogP contribution in [0.1, 0.15) is 35.9 Å². The molecule has 1 aromatic carbocycles. The number of H-pyrrole nitrogens is 1. The molecule has 0 unspecified atom stereocenters. The summed E-state index contributed by atoms with van der Waals surface area (Å²) >= 11 is 0. The first-order valence-electron chi connectivity index (χ1n) is 9.08. The van der Waals surface area contributed by atoms with Crippen molar-refractivity contribution in [2.75, 3.05) is 24.5 Å². The summed E-state index contributed by atoms with van der Waals surface area (Å²) in [5, 5.41) is 7.21. The highest BCUT2D eigenvalue weighted by Gasteiger charge is 2.27. The maximum atomic E-state index is 12.7. The highest BCUT2D eigenvalue weighted by atomic mass is 16.2. The number of aromatic amines is 1. The van der Waals surface area contributed by atoms with Gasteiger partial charge in [0.2, 0.25) is 5.91 Å². The number of hydrogen-bond donors (Lipinski definition) is 1. The van der Waals surface area contributed by atoms with Crippen LogP contribution >= 0.6 is 0 Å². The van der Waals surface area contributed by atoms with Gasteiger partial charge in [0.15, 0.2) is 0 Å². The smallest absolute Gasteiger partial charge is 0.223 e. The average molecular weight is 340 g/mol. The Balaban J connectivity index is 1.59. The zero-order chi connectivity index (χ0) is 18.0. The van der Waals surface area contributed by atoms with Gasteiger partial charge >= 0.3 is 0 Å². The van der Waals surface area contributed by atoms with Crippen LogP contribution in [-0.2, 0) is 11.2 Å². The number of carbonyl (C=O) groups is 1. The van der Waals surface area contributed by atoms with E-state index in [0.29, 0.717) is 6.42 Å². The average Bonchev–Trinajstić information content (AvgIpc) is 2.91. The minimum absolute atomic E-state index is 0.229. The van der Waals surface area contributed by atoms with E-state index in [4.69, 9.17) is 0 Å². The van der Waals surface area contributed by atoms with E-state index < -0.39 is 0 Å². The highest BCUT2D eigenvalue weighted by molar-refractivity contribution is 5.77. The molecular formula is C20H28N4O. The van der Waals surface area contributed by atoms with Crippen molar-refractivity contribution < 1.29 is 4.79 Å². The van der Waals surface area contributed by atoms with Crippen LogP contribution in [0.15, 0.2) is 24.3 Å². The van der Waals surface area contributed by atoms with Crippen molar-refractivity contribution in [1.29, 1.82) is 0 Å². The van der Waals surface area contributed by atoms with Gasteiger partial charge in [-0.3, -0.25) is 9.89 Å². The fourth-order valence-corrected chi connectivity index (χ4v) is 3.78. The molecule has 1 saturated heterocycles. The van der Waals surface area contributed by atoms with E-state index in [1.54, 1.807) is 0 Å². The van der Waals surface area contributed by atoms with E-state index in [1.807, 2.05) is 18.7 Å². The summed E-state index contributed by atoms with van der Waals surface area (Å²) in [5.74, 6) is 0.247. The Labute approximate surface area is 150 Å². The molecule has 1 aliphatic heterocycles. The van der Waals surface area contributed by atoms with Gasteiger partial charge in [-0.1, -0.05) is 18.2 Å². The molecule has 1 fully saturated rings. The van der Waals surface area contributed by atoms with Gasteiger partial charge in [0.25, 0.3) is 0 Å². The van der Waals surface area contributed by atoms with Crippen LogP contribution in [0.3, 0.4) is 0 Å². The fourth-order valence-electron chi connectivity index (χ4n) is 3.78. The largest absolute Gasteiger partial charge is 0.367 e. The predicted molar refractivity (Wildman–Crippen MR) is 101 cm³/mol. The number of piperazine rings is 1. The lowest BCUT2D eigenvalue weighted by atomic mass is 10.1. The van der Waals surface area contributed by atoms with Gasteiger partial charge in [-0.15, -0.1) is 0 Å². The van der Waals surface area contributed by atoms with Gasteiger partial charge in [0.1, 0.15) is 0 Å². The van der Waals surface area contributed by atoms with E-state index in [-0.39, 0.29) is 11.9 Å². The van der Waals surface area contributed by atoms with Crippen molar-refractivity contribution in [3.05, 3.63) is 46.8 Å². The van der Waals surface area contributed by atoms with Crippen LogP contribution in [0.25, 0.3) is 0 Å². The van der Waals surface area contributed by atoms with Gasteiger partial charge in [-0.05, 0) is 51.3 Å². The van der Waals surface area contributed by atoms with E-state index >= 15 is 0 Å². The molecule has 0 spiro atoms. The standard InChI is InChI=1S/C20H28N4O/c1-14-7-5-6-8-19(14)23-11-12-24(15(2)13-23)20(25)10-9-18-16(3)21-22-17(18)4/h5-8,15H,9-13H2,1-4H3,(H,21,22)/t15-/m0/s1. The minimum atomic E-state index is 0.229. The Hall–Kier alpha value is -2.30. The third-order valence-corrected chi connectivity index (χ3v) is 5.27. The number of rotatable bonds is 4. The Bertz CT molecular complexity index is 732. The van der Waals surface area contributed by atoms with Crippen LogP contribution in [0.2, 0.25) is 0 Å². The minimum Gasteiger partial charge on any atom is -0.367 e. The molecule has 25 heavy (non-hydrogen) atoms. The number of nitrogens with zero attached hydrogens (tertiary/aromatic N) is 3. The van der Waals surface area contributed by atoms with Gasteiger partial charge in [-0.2, -0.15) is 5.10 Å². The lowest BCUT2D eigenvalue weighted by Crippen LogP contribution is -2.54. The molecule has 5 heteroatoms. The maximum absolute atomic E-state index is 12.7. The number of aromatic nitrogens is 2. The molecule has 3 rings (SSSR count). The number of nitrogens with one attached hydrogen (secondary N) is 1. The fraction of sp³-hybridized carbons (Fsp3) is 0.500. The van der Waals surface area contributed by atoms with Crippen LogP contribution in [-0.4, -0.2) is 46.7 Å². The normalized spacial score (nSPS) is 17.8. The first-order chi connectivity index (χ1) is 12.0. The van der Waals surface area contributed by atoms with Crippen molar-refractivity contribution in [3.8, 4) is 0 Å². The molecule has 1 aliphatic rings. The summed E-state index contributed by atoms with van der Waals surface area (Å²) in [6, 6.07) is 8.70. The van der Waals surface area contributed by atoms with Crippen molar-refractivity contribution >= 4 is 11.6 Å². The lowest BCUT2D eigenvalue weighted by molar-refractivity contribution is -0.133. The van der Waals surface area contributed by atoms with E-state index in [9.17, 15) is 4.79 Å². The molecule has 0 saturated carbocycles. The molecular weight excluding hydrogens is 312 g/mol. The summed E-state index contributed by atoms with van der Waals surface area (Å²) < 4.78 is 0. The Morgan fingerprint density at radius 3 is 2.64 bits per heavy atom.